The molecule has 1 atom stereocenters. The normalized spacial score (nSPS) is 16.6. The van der Waals surface area contributed by atoms with Gasteiger partial charge in [0.05, 0.1) is 28.9 Å². The highest BCUT2D eigenvalue weighted by atomic mass is 32.1. The van der Waals surface area contributed by atoms with Crippen LogP contribution in [0.3, 0.4) is 0 Å². The van der Waals surface area contributed by atoms with Gasteiger partial charge in [0.2, 0.25) is 11.8 Å². The Labute approximate surface area is 167 Å². The minimum atomic E-state index is -0.408. The van der Waals surface area contributed by atoms with Crippen LogP contribution in [0, 0.1) is 12.8 Å². The summed E-state index contributed by atoms with van der Waals surface area (Å²) in [4.78, 5) is 33.5. The van der Waals surface area contributed by atoms with Crippen molar-refractivity contribution in [3.05, 3.63) is 48.0 Å². The van der Waals surface area contributed by atoms with Crippen molar-refractivity contribution in [2.45, 2.75) is 13.3 Å². The third-order valence-corrected chi connectivity index (χ3v) is 6.11. The monoisotopic (exact) mass is 395 g/mol. The van der Waals surface area contributed by atoms with E-state index in [4.69, 9.17) is 4.74 Å². The molecule has 2 amide bonds. The lowest BCUT2D eigenvalue weighted by molar-refractivity contribution is -0.124. The molecule has 4 rings (SSSR count). The maximum Gasteiger partial charge on any atom is 0.233 e. The molecule has 1 fully saturated rings. The molecule has 0 N–H and O–H groups in total. The maximum absolute atomic E-state index is 13.0. The Hall–Kier alpha value is -2.93. The highest BCUT2D eigenvalue weighted by molar-refractivity contribution is 7.22. The standard InChI is InChI=1S/C21H21N3O3S/c1-13-8-9-17(27-3)16(10-13)24-12-14(11-19(24)25)20(26)23(2)21-22-15-6-4-5-7-18(15)28-21/h4-10,14H,11-12H2,1-3H3/t14-/m0/s1. The van der Waals surface area contributed by atoms with E-state index < -0.39 is 5.92 Å². The van der Waals surface area contributed by atoms with E-state index in [1.807, 2.05) is 49.4 Å². The number of rotatable bonds is 4. The van der Waals surface area contributed by atoms with Crippen LogP contribution in [-0.2, 0) is 9.59 Å². The van der Waals surface area contributed by atoms with Crippen LogP contribution in [0.1, 0.15) is 12.0 Å². The minimum absolute atomic E-state index is 0.0695. The molecule has 0 bridgehead atoms. The summed E-state index contributed by atoms with van der Waals surface area (Å²) in [5.41, 5.74) is 2.62. The van der Waals surface area contributed by atoms with Gasteiger partial charge < -0.3 is 9.64 Å². The van der Waals surface area contributed by atoms with E-state index in [1.165, 1.54) is 11.3 Å². The van der Waals surface area contributed by atoms with Gasteiger partial charge in [0.1, 0.15) is 5.75 Å². The fourth-order valence-electron chi connectivity index (χ4n) is 3.49. The molecule has 0 aliphatic carbocycles. The molecule has 0 saturated carbocycles. The molecule has 144 valence electrons. The van der Waals surface area contributed by atoms with Crippen LogP contribution in [0.4, 0.5) is 10.8 Å². The van der Waals surface area contributed by atoms with Gasteiger partial charge in [-0.3, -0.25) is 14.5 Å². The van der Waals surface area contributed by atoms with Crippen LogP contribution in [0.2, 0.25) is 0 Å². The second kappa shape index (κ2) is 7.24. The van der Waals surface area contributed by atoms with E-state index in [1.54, 1.807) is 24.0 Å². The molecule has 0 spiro atoms. The maximum atomic E-state index is 13.0. The zero-order chi connectivity index (χ0) is 19.8. The van der Waals surface area contributed by atoms with Gasteiger partial charge >= 0.3 is 0 Å². The summed E-state index contributed by atoms with van der Waals surface area (Å²) >= 11 is 1.47. The SMILES string of the molecule is COc1ccc(C)cc1N1C[C@@H](C(=O)N(C)c2nc3ccccc3s2)CC1=O. The zero-order valence-corrected chi connectivity index (χ0v) is 16.8. The summed E-state index contributed by atoms with van der Waals surface area (Å²) in [5, 5.41) is 0.644. The van der Waals surface area contributed by atoms with Crippen molar-refractivity contribution < 1.29 is 14.3 Å². The molecule has 1 aromatic heterocycles. The Morgan fingerprint density at radius 3 is 2.82 bits per heavy atom. The number of amides is 2. The third kappa shape index (κ3) is 3.22. The van der Waals surface area contributed by atoms with Crippen molar-refractivity contribution in [3.8, 4) is 5.75 Å². The Kier molecular flexibility index (Phi) is 4.77. The molecular weight excluding hydrogens is 374 g/mol. The van der Waals surface area contributed by atoms with E-state index in [9.17, 15) is 9.59 Å². The fourth-order valence-corrected chi connectivity index (χ4v) is 4.42. The summed E-state index contributed by atoms with van der Waals surface area (Å²) in [5.74, 6) is 0.0581. The number of para-hydroxylation sites is 1. The van der Waals surface area contributed by atoms with Gasteiger partial charge in [-0.05, 0) is 36.8 Å². The van der Waals surface area contributed by atoms with E-state index in [0.29, 0.717) is 23.1 Å². The first kappa shape index (κ1) is 18.4. The summed E-state index contributed by atoms with van der Waals surface area (Å²) in [6.07, 6.45) is 0.186. The Bertz CT molecular complexity index is 1030. The van der Waals surface area contributed by atoms with Crippen LogP contribution >= 0.6 is 11.3 Å². The highest BCUT2D eigenvalue weighted by Gasteiger charge is 2.38. The van der Waals surface area contributed by atoms with Crippen molar-refractivity contribution in [2.24, 2.45) is 5.92 Å². The number of aryl methyl sites for hydroxylation is 1. The Morgan fingerprint density at radius 1 is 1.29 bits per heavy atom. The summed E-state index contributed by atoms with van der Waals surface area (Å²) < 4.78 is 6.44. The molecule has 0 unspecified atom stereocenters. The smallest absolute Gasteiger partial charge is 0.233 e. The number of methoxy groups -OCH3 is 1. The molecule has 1 saturated heterocycles. The summed E-state index contributed by atoms with van der Waals surface area (Å²) in [7, 11) is 3.30. The number of benzene rings is 2. The largest absolute Gasteiger partial charge is 0.495 e. The molecule has 1 aliphatic rings. The Balaban J connectivity index is 1.56. The minimum Gasteiger partial charge on any atom is -0.495 e. The van der Waals surface area contributed by atoms with Crippen LogP contribution in [-0.4, -0.2) is 37.5 Å². The second-order valence-electron chi connectivity index (χ2n) is 6.94. The number of carbonyl (C=O) groups is 2. The first-order valence-electron chi connectivity index (χ1n) is 9.06. The first-order chi connectivity index (χ1) is 13.5. The van der Waals surface area contributed by atoms with Gasteiger partial charge in [-0.1, -0.05) is 29.5 Å². The number of anilines is 2. The lowest BCUT2D eigenvalue weighted by Gasteiger charge is -2.21. The predicted octanol–water partition coefficient (Wildman–Crippen LogP) is 3.63. The van der Waals surface area contributed by atoms with Crippen molar-refractivity contribution in [2.75, 3.05) is 30.5 Å². The van der Waals surface area contributed by atoms with Crippen molar-refractivity contribution in [3.63, 3.8) is 0 Å². The predicted molar refractivity (Wildman–Crippen MR) is 111 cm³/mol. The highest BCUT2D eigenvalue weighted by Crippen LogP contribution is 2.35. The van der Waals surface area contributed by atoms with Crippen molar-refractivity contribution in [1.82, 2.24) is 4.98 Å². The quantitative estimate of drug-likeness (QED) is 0.677. The van der Waals surface area contributed by atoms with Gasteiger partial charge in [-0.15, -0.1) is 0 Å². The van der Waals surface area contributed by atoms with Crippen LogP contribution in [0.5, 0.6) is 5.75 Å². The second-order valence-corrected chi connectivity index (χ2v) is 7.95. The fraction of sp³-hybridized carbons (Fsp3) is 0.286. The van der Waals surface area contributed by atoms with E-state index >= 15 is 0 Å². The molecule has 28 heavy (non-hydrogen) atoms. The van der Waals surface area contributed by atoms with E-state index in [0.717, 1.165) is 15.8 Å². The molecule has 3 aromatic rings. The summed E-state index contributed by atoms with van der Waals surface area (Å²) in [6.45, 7) is 2.31. The number of carbonyl (C=O) groups excluding carboxylic acids is 2. The lowest BCUT2D eigenvalue weighted by Crippen LogP contribution is -2.34. The van der Waals surface area contributed by atoms with Gasteiger partial charge in [-0.25, -0.2) is 4.98 Å². The average molecular weight is 395 g/mol. The van der Waals surface area contributed by atoms with Gasteiger partial charge in [0.15, 0.2) is 5.13 Å². The molecular formula is C21H21N3O3S. The Morgan fingerprint density at radius 2 is 2.07 bits per heavy atom. The zero-order valence-electron chi connectivity index (χ0n) is 16.0. The average Bonchev–Trinajstić information content (AvgIpc) is 3.30. The van der Waals surface area contributed by atoms with Gasteiger partial charge in [-0.2, -0.15) is 0 Å². The molecule has 2 aromatic carbocycles. The number of thiazole rings is 1. The number of fused-ring (bicyclic) bond motifs is 1. The number of hydrogen-bond acceptors (Lipinski definition) is 5. The topological polar surface area (TPSA) is 62.7 Å². The number of ether oxygens (including phenoxy) is 1. The molecule has 2 heterocycles. The number of nitrogens with zero attached hydrogens (tertiary/aromatic N) is 3. The molecule has 6 nitrogen and oxygen atoms in total. The first-order valence-corrected chi connectivity index (χ1v) is 9.87. The summed E-state index contributed by atoms with van der Waals surface area (Å²) in [6, 6.07) is 13.5. The van der Waals surface area contributed by atoms with Crippen molar-refractivity contribution >= 4 is 44.2 Å². The van der Waals surface area contributed by atoms with Crippen LogP contribution < -0.4 is 14.5 Å². The molecule has 7 heteroatoms. The van der Waals surface area contributed by atoms with Gasteiger partial charge in [0, 0.05) is 20.0 Å². The number of hydrogen-bond donors (Lipinski definition) is 0. The third-order valence-electron chi connectivity index (χ3n) is 5.00. The number of aromatic nitrogens is 1. The van der Waals surface area contributed by atoms with Gasteiger partial charge in [0.25, 0.3) is 0 Å². The van der Waals surface area contributed by atoms with Crippen molar-refractivity contribution in [1.29, 1.82) is 0 Å². The van der Waals surface area contributed by atoms with Crippen LogP contribution in [0.25, 0.3) is 10.2 Å². The van der Waals surface area contributed by atoms with E-state index in [2.05, 4.69) is 4.98 Å². The molecule has 1 aliphatic heterocycles. The lowest BCUT2D eigenvalue weighted by atomic mass is 10.1. The van der Waals surface area contributed by atoms with E-state index in [-0.39, 0.29) is 18.2 Å². The molecule has 0 radical (unpaired) electrons. The van der Waals surface area contributed by atoms with Crippen LogP contribution in [0.15, 0.2) is 42.5 Å².